The van der Waals surface area contributed by atoms with Gasteiger partial charge in [-0.25, -0.2) is 5.43 Å². The van der Waals surface area contributed by atoms with Crippen LogP contribution in [0.25, 0.3) is 0 Å². The standard InChI is InChI=1S/C18H23N3O4/c1-11(12-7-8-15(25-3)14(10-12)21(23)24)19-20-17(22)16-13-6-4-5-9-18(13,16)2/h7-8,10,13,16H,4-6,9H2,1-3H3,(H,20,22)/b19-11-/t13-,16+,18+/m1/s1. The van der Waals surface area contributed by atoms with E-state index in [0.29, 0.717) is 17.2 Å². The van der Waals surface area contributed by atoms with Crippen molar-refractivity contribution in [3.05, 3.63) is 33.9 Å². The molecule has 0 aromatic heterocycles. The minimum absolute atomic E-state index is 0.0387. The van der Waals surface area contributed by atoms with Gasteiger partial charge in [-0.15, -0.1) is 0 Å². The van der Waals surface area contributed by atoms with Gasteiger partial charge in [0, 0.05) is 17.5 Å². The van der Waals surface area contributed by atoms with Gasteiger partial charge in [0.05, 0.1) is 17.7 Å². The summed E-state index contributed by atoms with van der Waals surface area (Å²) in [5, 5.41) is 15.3. The maximum atomic E-state index is 12.4. The van der Waals surface area contributed by atoms with Gasteiger partial charge in [0.25, 0.3) is 0 Å². The first-order valence-corrected chi connectivity index (χ1v) is 8.55. The molecule has 2 fully saturated rings. The van der Waals surface area contributed by atoms with Crippen LogP contribution in [0.1, 0.15) is 45.1 Å². The molecule has 0 radical (unpaired) electrons. The highest BCUT2D eigenvalue weighted by Gasteiger charge is 2.64. The van der Waals surface area contributed by atoms with Crippen molar-refractivity contribution in [2.75, 3.05) is 7.11 Å². The smallest absolute Gasteiger partial charge is 0.311 e. The van der Waals surface area contributed by atoms with Gasteiger partial charge < -0.3 is 4.74 Å². The fourth-order valence-electron chi connectivity index (χ4n) is 4.18. The molecule has 0 heterocycles. The van der Waals surface area contributed by atoms with Crippen molar-refractivity contribution in [1.82, 2.24) is 5.43 Å². The van der Waals surface area contributed by atoms with Crippen molar-refractivity contribution in [3.8, 4) is 5.75 Å². The van der Waals surface area contributed by atoms with Crippen molar-refractivity contribution >= 4 is 17.3 Å². The maximum absolute atomic E-state index is 12.4. The van der Waals surface area contributed by atoms with Crippen LogP contribution in [0.3, 0.4) is 0 Å². The van der Waals surface area contributed by atoms with E-state index in [2.05, 4.69) is 17.5 Å². The van der Waals surface area contributed by atoms with E-state index in [-0.39, 0.29) is 28.7 Å². The summed E-state index contributed by atoms with van der Waals surface area (Å²) in [6.07, 6.45) is 4.60. The predicted molar refractivity (Wildman–Crippen MR) is 93.6 cm³/mol. The van der Waals surface area contributed by atoms with Crippen LogP contribution in [-0.4, -0.2) is 23.7 Å². The Morgan fingerprint density at radius 1 is 1.44 bits per heavy atom. The lowest BCUT2D eigenvalue weighted by atomic mass is 9.90. The Labute approximate surface area is 146 Å². The molecule has 2 saturated carbocycles. The molecule has 0 unspecified atom stereocenters. The van der Waals surface area contributed by atoms with Crippen LogP contribution in [-0.2, 0) is 4.79 Å². The highest BCUT2D eigenvalue weighted by molar-refractivity contribution is 6.00. The van der Waals surface area contributed by atoms with Gasteiger partial charge in [-0.1, -0.05) is 19.8 Å². The van der Waals surface area contributed by atoms with Crippen molar-refractivity contribution in [2.24, 2.45) is 22.4 Å². The normalized spacial score (nSPS) is 28.0. The summed E-state index contributed by atoms with van der Waals surface area (Å²) in [7, 11) is 1.39. The van der Waals surface area contributed by atoms with Crippen LogP contribution in [0.5, 0.6) is 5.75 Å². The molecule has 0 spiro atoms. The zero-order valence-corrected chi connectivity index (χ0v) is 14.7. The van der Waals surface area contributed by atoms with Gasteiger partial charge in [0.1, 0.15) is 0 Å². The van der Waals surface area contributed by atoms with Gasteiger partial charge in [-0.2, -0.15) is 5.10 Å². The average Bonchev–Trinajstić information content (AvgIpc) is 3.24. The number of nitro groups is 1. The third-order valence-corrected chi connectivity index (χ3v) is 5.74. The number of ether oxygens (including phenoxy) is 1. The van der Waals surface area contributed by atoms with E-state index in [1.807, 2.05) is 0 Å². The Morgan fingerprint density at radius 3 is 2.80 bits per heavy atom. The number of hydrogen-bond acceptors (Lipinski definition) is 5. The molecule has 2 aliphatic rings. The molecular formula is C18H23N3O4. The molecule has 7 heteroatoms. The molecule has 7 nitrogen and oxygen atoms in total. The van der Waals surface area contributed by atoms with Crippen LogP contribution in [0.4, 0.5) is 5.69 Å². The first kappa shape index (κ1) is 17.4. The number of nitro benzene ring substituents is 1. The number of fused-ring (bicyclic) bond motifs is 1. The van der Waals surface area contributed by atoms with Crippen LogP contribution in [0, 0.1) is 27.4 Å². The van der Waals surface area contributed by atoms with Crippen LogP contribution in [0.2, 0.25) is 0 Å². The van der Waals surface area contributed by atoms with Crippen molar-refractivity contribution in [2.45, 2.75) is 39.5 Å². The highest BCUT2D eigenvalue weighted by Crippen LogP contribution is 2.66. The Hall–Kier alpha value is -2.44. The number of nitrogens with zero attached hydrogens (tertiary/aromatic N) is 2. The molecule has 1 aromatic rings. The fraction of sp³-hybridized carbons (Fsp3) is 0.556. The molecular weight excluding hydrogens is 322 g/mol. The minimum atomic E-state index is -0.496. The molecule has 25 heavy (non-hydrogen) atoms. The molecule has 0 bridgehead atoms. The number of nitrogens with one attached hydrogen (secondary N) is 1. The highest BCUT2D eigenvalue weighted by atomic mass is 16.6. The lowest BCUT2D eigenvalue weighted by molar-refractivity contribution is -0.385. The Kier molecular flexibility index (Phi) is 4.49. The monoisotopic (exact) mass is 345 g/mol. The summed E-state index contributed by atoms with van der Waals surface area (Å²) in [5.74, 6) is 0.660. The van der Waals surface area contributed by atoms with E-state index < -0.39 is 4.92 Å². The maximum Gasteiger partial charge on any atom is 0.311 e. The van der Waals surface area contributed by atoms with Gasteiger partial charge in [0.2, 0.25) is 5.91 Å². The van der Waals surface area contributed by atoms with E-state index >= 15 is 0 Å². The summed E-state index contributed by atoms with van der Waals surface area (Å²) in [5.41, 5.74) is 3.75. The summed E-state index contributed by atoms with van der Waals surface area (Å²) in [6.45, 7) is 3.90. The molecule has 3 atom stereocenters. The summed E-state index contributed by atoms with van der Waals surface area (Å²) in [6, 6.07) is 4.63. The topological polar surface area (TPSA) is 93.8 Å². The van der Waals surface area contributed by atoms with Crippen LogP contribution in [0.15, 0.2) is 23.3 Å². The molecule has 1 amide bonds. The zero-order chi connectivity index (χ0) is 18.2. The van der Waals surface area contributed by atoms with Crippen molar-refractivity contribution < 1.29 is 14.5 Å². The molecule has 1 N–H and O–H groups in total. The van der Waals surface area contributed by atoms with Crippen molar-refractivity contribution in [1.29, 1.82) is 0 Å². The second kappa shape index (κ2) is 6.46. The third-order valence-electron chi connectivity index (χ3n) is 5.74. The Bertz CT molecular complexity index is 746. The lowest BCUT2D eigenvalue weighted by Crippen LogP contribution is -2.23. The lowest BCUT2D eigenvalue weighted by Gasteiger charge is -2.15. The van der Waals surface area contributed by atoms with Crippen LogP contribution >= 0.6 is 0 Å². The number of carbonyl (C=O) groups excluding carboxylic acids is 1. The van der Waals surface area contributed by atoms with E-state index in [0.717, 1.165) is 12.8 Å². The first-order valence-electron chi connectivity index (χ1n) is 8.55. The van der Waals surface area contributed by atoms with Gasteiger partial charge >= 0.3 is 5.69 Å². The summed E-state index contributed by atoms with van der Waals surface area (Å²) in [4.78, 5) is 23.1. The first-order chi connectivity index (χ1) is 11.9. The fourth-order valence-corrected chi connectivity index (χ4v) is 4.18. The summed E-state index contributed by atoms with van der Waals surface area (Å²) < 4.78 is 4.99. The number of amides is 1. The number of hydrazone groups is 1. The Balaban J connectivity index is 1.71. The molecule has 0 saturated heterocycles. The number of rotatable bonds is 5. The molecule has 1 aromatic carbocycles. The third kappa shape index (κ3) is 3.10. The summed E-state index contributed by atoms with van der Waals surface area (Å²) >= 11 is 0. The number of benzene rings is 1. The number of hydrogen-bond donors (Lipinski definition) is 1. The van der Waals surface area contributed by atoms with Gasteiger partial charge in [-0.3, -0.25) is 14.9 Å². The Morgan fingerprint density at radius 2 is 2.20 bits per heavy atom. The van der Waals surface area contributed by atoms with Crippen LogP contribution < -0.4 is 10.2 Å². The van der Waals surface area contributed by atoms with E-state index in [1.165, 1.54) is 32.1 Å². The van der Waals surface area contributed by atoms with Crippen molar-refractivity contribution in [3.63, 3.8) is 0 Å². The zero-order valence-electron chi connectivity index (χ0n) is 14.7. The quantitative estimate of drug-likeness (QED) is 0.503. The molecule has 3 rings (SSSR count). The number of carbonyl (C=O) groups is 1. The molecule has 134 valence electrons. The molecule has 0 aliphatic heterocycles. The van der Waals surface area contributed by atoms with Gasteiger partial charge in [0.15, 0.2) is 5.75 Å². The largest absolute Gasteiger partial charge is 0.490 e. The second-order valence-corrected chi connectivity index (χ2v) is 7.15. The van der Waals surface area contributed by atoms with Gasteiger partial charge in [-0.05, 0) is 43.2 Å². The second-order valence-electron chi connectivity index (χ2n) is 7.15. The average molecular weight is 345 g/mol. The van der Waals surface area contributed by atoms with E-state index in [4.69, 9.17) is 4.74 Å². The minimum Gasteiger partial charge on any atom is -0.490 e. The van der Waals surface area contributed by atoms with E-state index in [1.54, 1.807) is 13.0 Å². The van der Waals surface area contributed by atoms with E-state index in [9.17, 15) is 14.9 Å². The SMILES string of the molecule is COc1ccc(/C(C)=N\NC(=O)[C@@H]2[C@H]3CCCC[C@@]32C)cc1[N+](=O)[O-]. The molecule has 2 aliphatic carbocycles. The number of methoxy groups -OCH3 is 1. The predicted octanol–water partition coefficient (Wildman–Crippen LogP) is 3.27.